The largest absolute Gasteiger partial charge is 0.459 e. The van der Waals surface area contributed by atoms with Crippen molar-refractivity contribution in [3.8, 4) is 0 Å². The molecule has 0 unspecified atom stereocenters. The molecule has 0 aromatic heterocycles. The van der Waals surface area contributed by atoms with Crippen molar-refractivity contribution in [2.45, 2.75) is 26.4 Å². The van der Waals surface area contributed by atoms with Crippen LogP contribution < -0.4 is 0 Å². The van der Waals surface area contributed by atoms with E-state index in [0.29, 0.717) is 25.0 Å². The molecule has 0 aromatic carbocycles. The van der Waals surface area contributed by atoms with E-state index in [4.69, 9.17) is 4.74 Å². The quantitative estimate of drug-likeness (QED) is 0.572. The lowest BCUT2D eigenvalue weighted by Crippen LogP contribution is -2.50. The molecule has 0 aliphatic carbocycles. The normalized spacial score (nSPS) is 17.7. The van der Waals surface area contributed by atoms with Gasteiger partial charge in [0.05, 0.1) is 11.9 Å². The Kier molecular flexibility index (Phi) is 5.59. The van der Waals surface area contributed by atoms with E-state index in [9.17, 15) is 9.59 Å². The number of piperazine rings is 1. The number of ether oxygens (including phenoxy) is 1. The topological polar surface area (TPSA) is 49.9 Å². The molecule has 1 aliphatic rings. The first-order valence-corrected chi connectivity index (χ1v) is 7.22. The zero-order valence-electron chi connectivity index (χ0n) is 11.2. The highest BCUT2D eigenvalue weighted by Crippen LogP contribution is 2.09. The van der Waals surface area contributed by atoms with E-state index in [1.807, 2.05) is 25.7 Å². The molecule has 0 bridgehead atoms. The summed E-state index contributed by atoms with van der Waals surface area (Å²) in [5.74, 6) is -0.102. The van der Waals surface area contributed by atoms with Crippen LogP contribution in [0.5, 0.6) is 0 Å². The summed E-state index contributed by atoms with van der Waals surface area (Å²) in [6.07, 6.45) is 0. The maximum absolute atomic E-state index is 11.6. The van der Waals surface area contributed by atoms with Crippen LogP contribution in [-0.4, -0.2) is 65.3 Å². The van der Waals surface area contributed by atoms with Crippen molar-refractivity contribution in [2.75, 3.05) is 38.1 Å². The number of carbonyl (C=O) groups is 2. The predicted octanol–water partition coefficient (Wildman–Crippen LogP) is 0.867. The fraction of sp³-hybridized carbons (Fsp3) is 0.833. The number of amides is 1. The van der Waals surface area contributed by atoms with Gasteiger partial charge >= 0.3 is 5.97 Å². The molecule has 18 heavy (non-hydrogen) atoms. The van der Waals surface area contributed by atoms with Gasteiger partial charge in [0.25, 0.3) is 0 Å². The lowest BCUT2D eigenvalue weighted by molar-refractivity contribution is -0.156. The molecule has 0 spiro atoms. The lowest BCUT2D eigenvalue weighted by atomic mass is 10.2. The minimum absolute atomic E-state index is 0.104. The number of hydrogen-bond donors (Lipinski definition) is 0. The molecule has 1 fully saturated rings. The minimum atomic E-state index is -0.440. The Morgan fingerprint density at radius 2 is 1.72 bits per heavy atom. The molecule has 0 aromatic rings. The van der Waals surface area contributed by atoms with Crippen LogP contribution in [0.25, 0.3) is 0 Å². The van der Waals surface area contributed by atoms with Gasteiger partial charge in [-0.05, 0) is 20.8 Å². The van der Waals surface area contributed by atoms with Crippen molar-refractivity contribution < 1.29 is 14.3 Å². The van der Waals surface area contributed by atoms with Crippen molar-refractivity contribution in [1.29, 1.82) is 0 Å². The molecule has 0 saturated carbocycles. The Bertz CT molecular complexity index is 307. The van der Waals surface area contributed by atoms with Crippen molar-refractivity contribution >= 4 is 27.8 Å². The zero-order valence-corrected chi connectivity index (χ0v) is 12.8. The fourth-order valence-electron chi connectivity index (χ4n) is 1.80. The number of alkyl halides is 1. The Morgan fingerprint density at radius 1 is 1.17 bits per heavy atom. The number of carbonyl (C=O) groups excluding carboxylic acids is 2. The predicted molar refractivity (Wildman–Crippen MR) is 72.7 cm³/mol. The van der Waals surface area contributed by atoms with Gasteiger partial charge in [0.1, 0.15) is 5.60 Å². The first kappa shape index (κ1) is 15.4. The second-order valence-corrected chi connectivity index (χ2v) is 5.94. The van der Waals surface area contributed by atoms with Gasteiger partial charge in [-0.25, -0.2) is 0 Å². The monoisotopic (exact) mass is 320 g/mol. The van der Waals surface area contributed by atoms with Crippen LogP contribution in [-0.2, 0) is 14.3 Å². The standard InChI is InChI=1S/C12H21BrN2O3/c1-12(2,3)18-11(17)9-14-4-6-15(7-5-14)10(16)8-13/h4-9H2,1-3H3. The molecule has 5 nitrogen and oxygen atoms in total. The maximum atomic E-state index is 11.6. The molecule has 0 N–H and O–H groups in total. The average Bonchev–Trinajstić information content (AvgIpc) is 2.26. The van der Waals surface area contributed by atoms with Gasteiger partial charge in [-0.15, -0.1) is 0 Å². The molecule has 104 valence electrons. The number of nitrogens with zero attached hydrogens (tertiary/aromatic N) is 2. The number of rotatable bonds is 3. The SMILES string of the molecule is CC(C)(C)OC(=O)CN1CCN(C(=O)CBr)CC1. The summed E-state index contributed by atoms with van der Waals surface area (Å²) in [4.78, 5) is 26.9. The first-order valence-electron chi connectivity index (χ1n) is 6.10. The van der Waals surface area contributed by atoms with Crippen molar-refractivity contribution in [2.24, 2.45) is 0 Å². The van der Waals surface area contributed by atoms with Crippen molar-refractivity contribution in [3.05, 3.63) is 0 Å². The average molecular weight is 321 g/mol. The molecule has 6 heteroatoms. The van der Waals surface area contributed by atoms with Gasteiger partial charge in [-0.3, -0.25) is 14.5 Å². The van der Waals surface area contributed by atoms with E-state index in [1.54, 1.807) is 4.90 Å². The lowest BCUT2D eigenvalue weighted by Gasteiger charge is -2.34. The summed E-state index contributed by atoms with van der Waals surface area (Å²) in [6.45, 7) is 8.66. The highest BCUT2D eigenvalue weighted by Gasteiger charge is 2.23. The van der Waals surface area contributed by atoms with Crippen LogP contribution in [0.15, 0.2) is 0 Å². The van der Waals surface area contributed by atoms with Crippen LogP contribution >= 0.6 is 15.9 Å². The van der Waals surface area contributed by atoms with E-state index >= 15 is 0 Å². The molecule has 1 saturated heterocycles. The highest BCUT2D eigenvalue weighted by atomic mass is 79.9. The molecular weight excluding hydrogens is 300 g/mol. The molecule has 1 aliphatic heterocycles. The molecular formula is C12H21BrN2O3. The smallest absolute Gasteiger partial charge is 0.320 e. The van der Waals surface area contributed by atoms with Crippen LogP contribution in [0.1, 0.15) is 20.8 Å². The summed E-state index contributed by atoms with van der Waals surface area (Å²) in [5.41, 5.74) is -0.440. The van der Waals surface area contributed by atoms with E-state index in [2.05, 4.69) is 15.9 Å². The van der Waals surface area contributed by atoms with Gasteiger partial charge < -0.3 is 9.64 Å². The Morgan fingerprint density at radius 3 is 2.17 bits per heavy atom. The summed E-state index contributed by atoms with van der Waals surface area (Å²) < 4.78 is 5.27. The summed E-state index contributed by atoms with van der Waals surface area (Å²) in [6, 6.07) is 0. The van der Waals surface area contributed by atoms with E-state index < -0.39 is 5.60 Å². The van der Waals surface area contributed by atoms with Gasteiger partial charge in [-0.2, -0.15) is 0 Å². The van der Waals surface area contributed by atoms with Gasteiger partial charge in [0.15, 0.2) is 0 Å². The second-order valence-electron chi connectivity index (χ2n) is 5.38. The summed E-state index contributed by atoms with van der Waals surface area (Å²) in [7, 11) is 0. The van der Waals surface area contributed by atoms with Crippen molar-refractivity contribution in [1.82, 2.24) is 9.80 Å². The second kappa shape index (κ2) is 6.52. The number of halogens is 1. The minimum Gasteiger partial charge on any atom is -0.459 e. The van der Waals surface area contributed by atoms with Gasteiger partial charge in [0.2, 0.25) is 5.91 Å². The Hall–Kier alpha value is -0.620. The Balaban J connectivity index is 2.31. The fourth-order valence-corrected chi connectivity index (χ4v) is 2.15. The maximum Gasteiger partial charge on any atom is 0.320 e. The molecule has 1 amide bonds. The van der Waals surface area contributed by atoms with Crippen LogP contribution in [0.4, 0.5) is 0 Å². The molecule has 1 heterocycles. The number of esters is 1. The van der Waals surface area contributed by atoms with Crippen LogP contribution in [0.3, 0.4) is 0 Å². The summed E-state index contributed by atoms with van der Waals surface area (Å²) in [5, 5.41) is 0.360. The van der Waals surface area contributed by atoms with Gasteiger partial charge in [-0.1, -0.05) is 15.9 Å². The van der Waals surface area contributed by atoms with Crippen molar-refractivity contribution in [3.63, 3.8) is 0 Å². The third-order valence-electron chi connectivity index (χ3n) is 2.61. The zero-order chi connectivity index (χ0) is 13.8. The van der Waals surface area contributed by atoms with Crippen LogP contribution in [0, 0.1) is 0 Å². The number of hydrogen-bond acceptors (Lipinski definition) is 4. The third-order valence-corrected chi connectivity index (χ3v) is 3.09. The Labute approximate surface area is 117 Å². The van der Waals surface area contributed by atoms with E-state index in [-0.39, 0.29) is 11.9 Å². The summed E-state index contributed by atoms with van der Waals surface area (Å²) >= 11 is 3.16. The van der Waals surface area contributed by atoms with Gasteiger partial charge in [0, 0.05) is 26.2 Å². The van der Waals surface area contributed by atoms with E-state index in [1.165, 1.54) is 0 Å². The third kappa shape index (κ3) is 5.35. The first-order chi connectivity index (χ1) is 8.31. The highest BCUT2D eigenvalue weighted by molar-refractivity contribution is 9.09. The van der Waals surface area contributed by atoms with Crippen LogP contribution in [0.2, 0.25) is 0 Å². The molecule has 1 rings (SSSR count). The molecule has 0 atom stereocenters. The molecule has 0 radical (unpaired) electrons. The van der Waals surface area contributed by atoms with E-state index in [0.717, 1.165) is 13.1 Å².